The van der Waals surface area contributed by atoms with Gasteiger partial charge in [0.2, 0.25) is 0 Å². The molecule has 1 saturated carbocycles. The predicted octanol–water partition coefficient (Wildman–Crippen LogP) is 2.84. The van der Waals surface area contributed by atoms with E-state index in [-0.39, 0.29) is 18.4 Å². The number of aryl methyl sites for hydroxylation is 1. The van der Waals surface area contributed by atoms with Crippen molar-refractivity contribution in [2.24, 2.45) is 11.7 Å². The maximum absolute atomic E-state index is 6.12. The van der Waals surface area contributed by atoms with Crippen LogP contribution in [-0.4, -0.2) is 7.11 Å². The molecular formula is C12H18ClNO. The van der Waals surface area contributed by atoms with Crippen LogP contribution in [0.5, 0.6) is 5.75 Å². The number of halogens is 1. The van der Waals surface area contributed by atoms with Crippen LogP contribution >= 0.6 is 12.4 Å². The molecule has 0 saturated heterocycles. The van der Waals surface area contributed by atoms with Gasteiger partial charge >= 0.3 is 0 Å². The molecule has 3 heteroatoms. The number of hydrogen-bond acceptors (Lipinski definition) is 2. The maximum Gasteiger partial charge on any atom is 0.122 e. The SMILES string of the molecule is COc1cc([C@@H](N)C2CC2)ccc1C.Cl. The van der Waals surface area contributed by atoms with Gasteiger partial charge in [-0.3, -0.25) is 0 Å². The second-order valence-electron chi connectivity index (χ2n) is 4.09. The lowest BCUT2D eigenvalue weighted by Gasteiger charge is -2.13. The molecule has 1 aliphatic carbocycles. The Morgan fingerprint density at radius 3 is 2.60 bits per heavy atom. The lowest BCUT2D eigenvalue weighted by molar-refractivity contribution is 0.410. The molecule has 0 radical (unpaired) electrons. The molecule has 0 unspecified atom stereocenters. The first-order valence-electron chi connectivity index (χ1n) is 5.12. The zero-order valence-corrected chi connectivity index (χ0v) is 10.0. The van der Waals surface area contributed by atoms with E-state index in [0.29, 0.717) is 5.92 Å². The van der Waals surface area contributed by atoms with Crippen molar-refractivity contribution in [2.45, 2.75) is 25.8 Å². The van der Waals surface area contributed by atoms with Crippen LogP contribution < -0.4 is 10.5 Å². The van der Waals surface area contributed by atoms with Crippen LogP contribution in [-0.2, 0) is 0 Å². The third kappa shape index (κ3) is 2.64. The highest BCUT2D eigenvalue weighted by molar-refractivity contribution is 5.85. The summed E-state index contributed by atoms with van der Waals surface area (Å²) >= 11 is 0. The third-order valence-electron chi connectivity index (χ3n) is 2.95. The van der Waals surface area contributed by atoms with Crippen LogP contribution in [0.15, 0.2) is 18.2 Å². The van der Waals surface area contributed by atoms with E-state index in [1.54, 1.807) is 7.11 Å². The highest BCUT2D eigenvalue weighted by Crippen LogP contribution is 2.40. The van der Waals surface area contributed by atoms with Crippen molar-refractivity contribution in [3.05, 3.63) is 29.3 Å². The van der Waals surface area contributed by atoms with E-state index in [1.165, 1.54) is 24.0 Å². The van der Waals surface area contributed by atoms with Crippen molar-refractivity contribution in [3.63, 3.8) is 0 Å². The van der Waals surface area contributed by atoms with Crippen molar-refractivity contribution < 1.29 is 4.74 Å². The largest absolute Gasteiger partial charge is 0.496 e. The summed E-state index contributed by atoms with van der Waals surface area (Å²) in [6, 6.07) is 6.46. The van der Waals surface area contributed by atoms with Gasteiger partial charge in [-0.15, -0.1) is 12.4 Å². The van der Waals surface area contributed by atoms with E-state index in [4.69, 9.17) is 10.5 Å². The van der Waals surface area contributed by atoms with Crippen molar-refractivity contribution in [3.8, 4) is 5.75 Å². The highest BCUT2D eigenvalue weighted by Gasteiger charge is 2.29. The Morgan fingerprint density at radius 1 is 1.40 bits per heavy atom. The molecule has 0 aromatic heterocycles. The van der Waals surface area contributed by atoms with Crippen molar-refractivity contribution in [2.75, 3.05) is 7.11 Å². The molecule has 84 valence electrons. The summed E-state index contributed by atoms with van der Waals surface area (Å²) in [4.78, 5) is 0. The second-order valence-corrected chi connectivity index (χ2v) is 4.09. The monoisotopic (exact) mass is 227 g/mol. The molecule has 0 aliphatic heterocycles. The molecule has 0 amide bonds. The van der Waals surface area contributed by atoms with Crippen LogP contribution in [0.1, 0.15) is 30.0 Å². The van der Waals surface area contributed by atoms with E-state index in [9.17, 15) is 0 Å². The quantitative estimate of drug-likeness (QED) is 0.862. The first-order chi connectivity index (χ1) is 6.72. The number of rotatable bonds is 3. The summed E-state index contributed by atoms with van der Waals surface area (Å²) in [7, 11) is 1.70. The van der Waals surface area contributed by atoms with E-state index < -0.39 is 0 Å². The molecule has 1 aromatic carbocycles. The molecule has 0 heterocycles. The molecule has 0 bridgehead atoms. The van der Waals surface area contributed by atoms with E-state index in [2.05, 4.69) is 18.2 Å². The normalized spacial score (nSPS) is 16.7. The average molecular weight is 228 g/mol. The molecule has 1 atom stereocenters. The molecule has 1 fully saturated rings. The minimum atomic E-state index is 0. The fraction of sp³-hybridized carbons (Fsp3) is 0.500. The third-order valence-corrected chi connectivity index (χ3v) is 2.95. The Kier molecular flexibility index (Phi) is 4.00. The Labute approximate surface area is 97.2 Å². The molecule has 1 aromatic rings. The number of benzene rings is 1. The maximum atomic E-state index is 6.12. The number of nitrogens with two attached hydrogens (primary N) is 1. The van der Waals surface area contributed by atoms with Gasteiger partial charge in [0, 0.05) is 6.04 Å². The standard InChI is InChI=1S/C12H17NO.ClH/c1-8-3-4-10(7-11(8)14-2)12(13)9-5-6-9;/h3-4,7,9,12H,5-6,13H2,1-2H3;1H/t12-;/m0./s1. The van der Waals surface area contributed by atoms with Gasteiger partial charge in [0.15, 0.2) is 0 Å². The lowest BCUT2D eigenvalue weighted by atomic mass is 10.0. The molecular weight excluding hydrogens is 210 g/mol. The summed E-state index contributed by atoms with van der Waals surface area (Å²) in [6.45, 7) is 2.05. The van der Waals surface area contributed by atoms with Crippen molar-refractivity contribution in [1.82, 2.24) is 0 Å². The second kappa shape index (κ2) is 4.86. The van der Waals surface area contributed by atoms with Gasteiger partial charge in [-0.2, -0.15) is 0 Å². The minimum Gasteiger partial charge on any atom is -0.496 e. The predicted molar refractivity (Wildman–Crippen MR) is 64.6 cm³/mol. The molecule has 2 N–H and O–H groups in total. The van der Waals surface area contributed by atoms with Gasteiger partial charge in [0.1, 0.15) is 5.75 Å². The average Bonchev–Trinajstić information content (AvgIpc) is 3.01. The van der Waals surface area contributed by atoms with Gasteiger partial charge in [-0.1, -0.05) is 12.1 Å². The van der Waals surface area contributed by atoms with Crippen LogP contribution in [0.3, 0.4) is 0 Å². The molecule has 15 heavy (non-hydrogen) atoms. The summed E-state index contributed by atoms with van der Waals surface area (Å²) < 4.78 is 5.28. The van der Waals surface area contributed by atoms with E-state index >= 15 is 0 Å². The molecule has 1 aliphatic rings. The van der Waals surface area contributed by atoms with E-state index in [0.717, 1.165) is 5.75 Å². The van der Waals surface area contributed by atoms with Gasteiger partial charge in [0.05, 0.1) is 7.11 Å². The molecule has 2 nitrogen and oxygen atoms in total. The summed E-state index contributed by atoms with van der Waals surface area (Å²) in [5.41, 5.74) is 8.49. The lowest BCUT2D eigenvalue weighted by Crippen LogP contribution is -2.12. The van der Waals surface area contributed by atoms with Crippen LogP contribution in [0.25, 0.3) is 0 Å². The molecule has 2 rings (SSSR count). The van der Waals surface area contributed by atoms with Crippen molar-refractivity contribution in [1.29, 1.82) is 0 Å². The fourth-order valence-corrected chi connectivity index (χ4v) is 1.77. The molecule has 0 spiro atoms. The van der Waals surface area contributed by atoms with E-state index in [1.807, 2.05) is 6.92 Å². The Balaban J connectivity index is 0.00000112. The van der Waals surface area contributed by atoms with Gasteiger partial charge in [-0.05, 0) is 42.9 Å². The zero-order chi connectivity index (χ0) is 10.1. The van der Waals surface area contributed by atoms with Crippen LogP contribution in [0.2, 0.25) is 0 Å². The topological polar surface area (TPSA) is 35.2 Å². The Hall–Kier alpha value is -0.730. The highest BCUT2D eigenvalue weighted by atomic mass is 35.5. The van der Waals surface area contributed by atoms with Gasteiger partial charge in [0.25, 0.3) is 0 Å². The number of methoxy groups -OCH3 is 1. The number of ether oxygens (including phenoxy) is 1. The Bertz CT molecular complexity index is 336. The fourth-order valence-electron chi connectivity index (χ4n) is 1.77. The number of hydrogen-bond donors (Lipinski definition) is 1. The van der Waals surface area contributed by atoms with Gasteiger partial charge < -0.3 is 10.5 Å². The van der Waals surface area contributed by atoms with Crippen LogP contribution in [0.4, 0.5) is 0 Å². The minimum absolute atomic E-state index is 0. The smallest absolute Gasteiger partial charge is 0.122 e. The van der Waals surface area contributed by atoms with Gasteiger partial charge in [-0.25, -0.2) is 0 Å². The van der Waals surface area contributed by atoms with Crippen molar-refractivity contribution >= 4 is 12.4 Å². The summed E-state index contributed by atoms with van der Waals surface area (Å²) in [5, 5.41) is 0. The van der Waals surface area contributed by atoms with Crippen LogP contribution in [0, 0.1) is 12.8 Å². The Morgan fingerprint density at radius 2 is 2.07 bits per heavy atom. The summed E-state index contributed by atoms with van der Waals surface area (Å²) in [6.07, 6.45) is 2.55. The summed E-state index contributed by atoms with van der Waals surface area (Å²) in [5.74, 6) is 1.64. The first kappa shape index (κ1) is 12.3. The first-order valence-corrected chi connectivity index (χ1v) is 5.12. The zero-order valence-electron chi connectivity index (χ0n) is 9.19.